The van der Waals surface area contributed by atoms with Gasteiger partial charge in [0.1, 0.15) is 0 Å². The Kier molecular flexibility index (Phi) is 4.16. The number of fused-ring (bicyclic) bond motifs is 4. The molecule has 2 aromatic rings. The molecule has 0 amide bonds. The highest BCUT2D eigenvalue weighted by atomic mass is 35.5. The quantitative estimate of drug-likeness (QED) is 0.742. The predicted octanol–water partition coefficient (Wildman–Crippen LogP) is 5.11. The van der Waals surface area contributed by atoms with Crippen molar-refractivity contribution in [2.45, 2.75) is 57.1 Å². The number of halogens is 1. The standard InChI is InChI=1S/C24H28ClNO/c1-15(2)24(27)10-11-26-14-21-19-9-8-18(25)12-17(19)7-6-16-4-3-5-20(23(16)21)22(26)13-24/h3-5,8-9,12,15,21-22,27H,6-7,10-11,13-14H2,1-2H3/t21-,22-,24-/m1/s1. The highest BCUT2D eigenvalue weighted by Gasteiger charge is 2.45. The zero-order valence-corrected chi connectivity index (χ0v) is 17.0. The van der Waals surface area contributed by atoms with Gasteiger partial charge in [-0.2, -0.15) is 0 Å². The van der Waals surface area contributed by atoms with E-state index in [4.69, 9.17) is 11.6 Å². The number of piperidine rings is 1. The molecule has 0 spiro atoms. The second kappa shape index (κ2) is 6.34. The Labute approximate surface area is 167 Å². The van der Waals surface area contributed by atoms with E-state index in [1.165, 1.54) is 27.8 Å². The van der Waals surface area contributed by atoms with E-state index in [1.54, 1.807) is 0 Å². The van der Waals surface area contributed by atoms with E-state index in [1.807, 2.05) is 6.07 Å². The van der Waals surface area contributed by atoms with Crippen LogP contribution in [0.2, 0.25) is 5.02 Å². The Balaban J connectivity index is 1.64. The Morgan fingerprint density at radius 2 is 1.93 bits per heavy atom. The van der Waals surface area contributed by atoms with Gasteiger partial charge in [-0.25, -0.2) is 0 Å². The summed E-state index contributed by atoms with van der Waals surface area (Å²) in [6.45, 7) is 6.35. The van der Waals surface area contributed by atoms with Crippen LogP contribution < -0.4 is 0 Å². The van der Waals surface area contributed by atoms with E-state index in [0.29, 0.717) is 17.9 Å². The van der Waals surface area contributed by atoms with Gasteiger partial charge in [-0.1, -0.05) is 49.7 Å². The lowest BCUT2D eigenvalue weighted by atomic mass is 9.71. The van der Waals surface area contributed by atoms with Crippen LogP contribution in [0, 0.1) is 5.92 Å². The molecular formula is C24H28ClNO. The Bertz CT molecular complexity index is 892. The highest BCUT2D eigenvalue weighted by molar-refractivity contribution is 6.30. The van der Waals surface area contributed by atoms with Gasteiger partial charge in [0.25, 0.3) is 0 Å². The Morgan fingerprint density at radius 1 is 1.11 bits per heavy atom. The van der Waals surface area contributed by atoms with Gasteiger partial charge in [0, 0.05) is 30.1 Å². The van der Waals surface area contributed by atoms with Crippen molar-refractivity contribution in [2.75, 3.05) is 13.1 Å². The molecule has 5 rings (SSSR count). The van der Waals surface area contributed by atoms with E-state index < -0.39 is 5.60 Å². The van der Waals surface area contributed by atoms with Crippen molar-refractivity contribution in [3.8, 4) is 0 Å². The van der Waals surface area contributed by atoms with Crippen molar-refractivity contribution in [3.63, 3.8) is 0 Å². The van der Waals surface area contributed by atoms with Gasteiger partial charge in [-0.05, 0) is 71.6 Å². The minimum atomic E-state index is -0.549. The molecule has 2 nitrogen and oxygen atoms in total. The van der Waals surface area contributed by atoms with Crippen LogP contribution in [-0.2, 0) is 12.8 Å². The average Bonchev–Trinajstić information content (AvgIpc) is 2.80. The first-order valence-corrected chi connectivity index (χ1v) is 10.7. The summed E-state index contributed by atoms with van der Waals surface area (Å²) >= 11 is 6.31. The molecule has 1 aliphatic carbocycles. The highest BCUT2D eigenvalue weighted by Crippen LogP contribution is 2.49. The van der Waals surface area contributed by atoms with Gasteiger partial charge < -0.3 is 5.11 Å². The van der Waals surface area contributed by atoms with Crippen LogP contribution in [-0.4, -0.2) is 28.7 Å². The Morgan fingerprint density at radius 3 is 2.74 bits per heavy atom. The minimum absolute atomic E-state index is 0.294. The van der Waals surface area contributed by atoms with Crippen molar-refractivity contribution in [2.24, 2.45) is 5.92 Å². The number of benzene rings is 2. The fourth-order valence-electron chi connectivity index (χ4n) is 5.65. The molecule has 2 aliphatic heterocycles. The summed E-state index contributed by atoms with van der Waals surface area (Å²) in [5.74, 6) is 0.718. The number of hydrogen-bond donors (Lipinski definition) is 1. The van der Waals surface area contributed by atoms with Crippen LogP contribution in [0.3, 0.4) is 0 Å². The SMILES string of the molecule is CC(C)[C@@]1(O)CCN2C[C@@H]3c4ccc(Cl)cc4CCc4cccc(c43)[C@H]2C1. The average molecular weight is 382 g/mol. The lowest BCUT2D eigenvalue weighted by Gasteiger charge is -2.50. The molecule has 0 bridgehead atoms. The molecule has 142 valence electrons. The fraction of sp³-hybridized carbons (Fsp3) is 0.500. The number of hydrogen-bond acceptors (Lipinski definition) is 2. The lowest BCUT2D eigenvalue weighted by molar-refractivity contribution is -0.0822. The summed E-state index contributed by atoms with van der Waals surface area (Å²) in [6, 6.07) is 13.7. The van der Waals surface area contributed by atoms with Gasteiger partial charge in [0.05, 0.1) is 5.60 Å². The van der Waals surface area contributed by atoms with E-state index in [0.717, 1.165) is 43.8 Å². The predicted molar refractivity (Wildman–Crippen MR) is 110 cm³/mol. The minimum Gasteiger partial charge on any atom is -0.390 e. The third kappa shape index (κ3) is 2.76. The van der Waals surface area contributed by atoms with Gasteiger partial charge in [-0.3, -0.25) is 4.90 Å². The molecule has 3 atom stereocenters. The smallest absolute Gasteiger partial charge is 0.0700 e. The lowest BCUT2D eigenvalue weighted by Crippen LogP contribution is -2.51. The van der Waals surface area contributed by atoms with Crippen molar-refractivity contribution in [3.05, 3.63) is 69.2 Å². The van der Waals surface area contributed by atoms with Crippen LogP contribution in [0.5, 0.6) is 0 Å². The first-order chi connectivity index (χ1) is 13.0. The van der Waals surface area contributed by atoms with Gasteiger partial charge in [-0.15, -0.1) is 0 Å². The normalized spacial score (nSPS) is 29.7. The molecule has 0 aromatic heterocycles. The van der Waals surface area contributed by atoms with Crippen LogP contribution >= 0.6 is 11.6 Å². The number of rotatable bonds is 1. The molecule has 0 unspecified atom stereocenters. The van der Waals surface area contributed by atoms with E-state index in [9.17, 15) is 5.11 Å². The molecular weight excluding hydrogens is 354 g/mol. The third-order valence-corrected chi connectivity index (χ3v) is 7.63. The monoisotopic (exact) mass is 381 g/mol. The molecule has 3 heteroatoms. The third-order valence-electron chi connectivity index (χ3n) is 7.39. The molecule has 1 N–H and O–H groups in total. The van der Waals surface area contributed by atoms with E-state index in [-0.39, 0.29) is 0 Å². The largest absolute Gasteiger partial charge is 0.390 e. The maximum atomic E-state index is 11.2. The van der Waals surface area contributed by atoms with Gasteiger partial charge >= 0.3 is 0 Å². The molecule has 0 radical (unpaired) electrons. The molecule has 2 aromatic carbocycles. The summed E-state index contributed by atoms with van der Waals surface area (Å²) in [6.07, 6.45) is 3.86. The van der Waals surface area contributed by atoms with E-state index in [2.05, 4.69) is 49.1 Å². The molecule has 2 heterocycles. The van der Waals surface area contributed by atoms with Crippen LogP contribution in [0.4, 0.5) is 0 Å². The molecule has 0 saturated carbocycles. The van der Waals surface area contributed by atoms with Crippen LogP contribution in [0.1, 0.15) is 66.5 Å². The zero-order valence-electron chi connectivity index (χ0n) is 16.2. The van der Waals surface area contributed by atoms with Crippen LogP contribution in [0.15, 0.2) is 36.4 Å². The number of aliphatic hydroxyl groups is 1. The summed E-state index contributed by atoms with van der Waals surface area (Å²) in [5, 5.41) is 12.1. The van der Waals surface area contributed by atoms with Crippen molar-refractivity contribution in [1.82, 2.24) is 4.90 Å². The van der Waals surface area contributed by atoms with Crippen LogP contribution in [0.25, 0.3) is 0 Å². The first-order valence-electron chi connectivity index (χ1n) is 10.3. The summed E-state index contributed by atoms with van der Waals surface area (Å²) < 4.78 is 0. The van der Waals surface area contributed by atoms with Crippen molar-refractivity contribution < 1.29 is 5.11 Å². The summed E-state index contributed by atoms with van der Waals surface area (Å²) in [7, 11) is 0. The first kappa shape index (κ1) is 17.7. The van der Waals surface area contributed by atoms with E-state index >= 15 is 0 Å². The van der Waals surface area contributed by atoms with Gasteiger partial charge in [0.2, 0.25) is 0 Å². The number of nitrogens with zero attached hydrogens (tertiary/aromatic N) is 1. The molecule has 27 heavy (non-hydrogen) atoms. The maximum Gasteiger partial charge on any atom is 0.0700 e. The summed E-state index contributed by atoms with van der Waals surface area (Å²) in [4.78, 5) is 2.62. The topological polar surface area (TPSA) is 23.5 Å². The molecule has 3 aliphatic rings. The fourth-order valence-corrected chi connectivity index (χ4v) is 5.85. The summed E-state index contributed by atoms with van der Waals surface area (Å²) in [5.41, 5.74) is 6.78. The zero-order chi connectivity index (χ0) is 18.8. The second-order valence-electron chi connectivity index (χ2n) is 9.04. The maximum absolute atomic E-state index is 11.2. The number of aryl methyl sites for hydroxylation is 2. The van der Waals surface area contributed by atoms with Crippen molar-refractivity contribution >= 4 is 11.6 Å². The molecule has 1 fully saturated rings. The molecule has 1 saturated heterocycles. The second-order valence-corrected chi connectivity index (χ2v) is 9.48. The van der Waals surface area contributed by atoms with Crippen molar-refractivity contribution in [1.29, 1.82) is 0 Å². The Hall–Kier alpha value is -1.35. The van der Waals surface area contributed by atoms with Gasteiger partial charge in [0.15, 0.2) is 0 Å².